The molecule has 0 heterocycles. The lowest BCUT2D eigenvalue weighted by Gasteiger charge is -2.16. The van der Waals surface area contributed by atoms with E-state index >= 15 is 0 Å². The first-order valence-corrected chi connectivity index (χ1v) is 4.88. The van der Waals surface area contributed by atoms with E-state index < -0.39 is 6.04 Å². The highest BCUT2D eigenvalue weighted by molar-refractivity contribution is 5.76. The predicted octanol–water partition coefficient (Wildman–Crippen LogP) is -1.16. The van der Waals surface area contributed by atoms with Gasteiger partial charge >= 0.3 is 0 Å². The Morgan fingerprint density at radius 3 is 2.36 bits per heavy atom. The van der Waals surface area contributed by atoms with E-state index in [1.807, 2.05) is 13.8 Å². The van der Waals surface area contributed by atoms with Crippen LogP contribution in [0.5, 0.6) is 0 Å². The van der Waals surface area contributed by atoms with Gasteiger partial charge in [0.25, 0.3) is 0 Å². The van der Waals surface area contributed by atoms with Gasteiger partial charge in [-0.3, -0.25) is 4.79 Å². The van der Waals surface area contributed by atoms with Gasteiger partial charge in [0, 0.05) is 12.5 Å². The van der Waals surface area contributed by atoms with Crippen LogP contribution in [-0.4, -0.2) is 48.0 Å². The normalized spacial score (nSPS) is 12.9. The molecule has 0 aromatic carbocycles. The fraction of sp³-hybridized carbons (Fsp3) is 0.889. The Bertz CT molecular complexity index is 160. The van der Waals surface area contributed by atoms with Crippen LogP contribution in [0.3, 0.4) is 0 Å². The van der Waals surface area contributed by atoms with Gasteiger partial charge in [0.15, 0.2) is 0 Å². The summed E-state index contributed by atoms with van der Waals surface area (Å²) in [6.07, 6.45) is 0.352. The summed E-state index contributed by atoms with van der Waals surface area (Å²) < 4.78 is 0. The third-order valence-electron chi connectivity index (χ3n) is 1.85. The van der Waals surface area contributed by atoms with E-state index in [-0.39, 0.29) is 25.2 Å². The van der Waals surface area contributed by atoms with Crippen molar-refractivity contribution in [2.24, 2.45) is 0 Å². The summed E-state index contributed by atoms with van der Waals surface area (Å²) >= 11 is 0. The van der Waals surface area contributed by atoms with Gasteiger partial charge in [-0.25, -0.2) is 0 Å². The summed E-state index contributed by atoms with van der Waals surface area (Å²) in [6.45, 7) is 4.22. The molecule has 5 heteroatoms. The van der Waals surface area contributed by atoms with E-state index in [9.17, 15) is 4.79 Å². The van der Waals surface area contributed by atoms with Crippen molar-refractivity contribution < 1.29 is 15.0 Å². The lowest BCUT2D eigenvalue weighted by molar-refractivity contribution is -0.122. The van der Waals surface area contributed by atoms with Crippen molar-refractivity contribution in [3.05, 3.63) is 0 Å². The van der Waals surface area contributed by atoms with Crippen LogP contribution < -0.4 is 10.6 Å². The molecule has 0 saturated heterocycles. The zero-order chi connectivity index (χ0) is 11.0. The first kappa shape index (κ1) is 13.4. The molecule has 0 radical (unpaired) electrons. The fourth-order valence-corrected chi connectivity index (χ4v) is 1.13. The lowest BCUT2D eigenvalue weighted by Crippen LogP contribution is -2.42. The lowest BCUT2D eigenvalue weighted by atomic mass is 10.2. The van der Waals surface area contributed by atoms with Gasteiger partial charge in [-0.15, -0.1) is 0 Å². The van der Waals surface area contributed by atoms with Crippen LogP contribution >= 0.6 is 0 Å². The Kier molecular flexibility index (Phi) is 7.37. The molecule has 4 N–H and O–H groups in total. The second-order valence-electron chi connectivity index (χ2n) is 3.29. The molecule has 0 aliphatic heterocycles. The zero-order valence-corrected chi connectivity index (χ0v) is 8.79. The summed E-state index contributed by atoms with van der Waals surface area (Å²) in [6, 6.07) is -0.436. The van der Waals surface area contributed by atoms with Crippen molar-refractivity contribution in [1.29, 1.82) is 0 Å². The van der Waals surface area contributed by atoms with E-state index in [4.69, 9.17) is 10.2 Å². The summed E-state index contributed by atoms with van der Waals surface area (Å²) in [5, 5.41) is 23.1. The first-order chi connectivity index (χ1) is 6.63. The van der Waals surface area contributed by atoms with Crippen molar-refractivity contribution in [2.75, 3.05) is 19.8 Å². The smallest absolute Gasteiger partial charge is 0.221 e. The number of carbonyl (C=O) groups is 1. The zero-order valence-electron chi connectivity index (χ0n) is 8.79. The molecule has 0 spiro atoms. The molecule has 1 amide bonds. The Labute approximate surface area is 84.5 Å². The van der Waals surface area contributed by atoms with Crippen molar-refractivity contribution in [3.8, 4) is 0 Å². The Morgan fingerprint density at radius 1 is 1.36 bits per heavy atom. The molecule has 0 aromatic rings. The van der Waals surface area contributed by atoms with Gasteiger partial charge in [-0.05, 0) is 13.5 Å². The third-order valence-corrected chi connectivity index (χ3v) is 1.85. The van der Waals surface area contributed by atoms with Crippen LogP contribution in [0.4, 0.5) is 0 Å². The van der Waals surface area contributed by atoms with Gasteiger partial charge in [-0.2, -0.15) is 0 Å². The minimum absolute atomic E-state index is 0.109. The molecule has 5 nitrogen and oxygen atoms in total. The molecule has 84 valence electrons. The van der Waals surface area contributed by atoms with Gasteiger partial charge in [0.2, 0.25) is 5.91 Å². The number of hydrogen-bond donors (Lipinski definition) is 4. The Hall–Kier alpha value is -0.650. The number of rotatable bonds is 7. The highest BCUT2D eigenvalue weighted by Crippen LogP contribution is 1.91. The molecular weight excluding hydrogens is 184 g/mol. The largest absolute Gasteiger partial charge is 0.394 e. The third kappa shape index (κ3) is 5.90. The molecular formula is C9H20N2O3. The van der Waals surface area contributed by atoms with E-state index in [1.54, 1.807) is 0 Å². The van der Waals surface area contributed by atoms with Crippen LogP contribution in [0.15, 0.2) is 0 Å². The Balaban J connectivity index is 3.73. The van der Waals surface area contributed by atoms with Gasteiger partial charge in [0.05, 0.1) is 19.3 Å². The van der Waals surface area contributed by atoms with Gasteiger partial charge in [0.1, 0.15) is 0 Å². The van der Waals surface area contributed by atoms with Crippen LogP contribution in [-0.2, 0) is 4.79 Å². The molecule has 1 unspecified atom stereocenters. The van der Waals surface area contributed by atoms with Crippen LogP contribution in [0.2, 0.25) is 0 Å². The van der Waals surface area contributed by atoms with Crippen molar-refractivity contribution in [2.45, 2.75) is 32.4 Å². The van der Waals surface area contributed by atoms with Crippen LogP contribution in [0.1, 0.15) is 20.3 Å². The molecule has 14 heavy (non-hydrogen) atoms. The second kappa shape index (κ2) is 7.73. The van der Waals surface area contributed by atoms with Crippen molar-refractivity contribution in [3.63, 3.8) is 0 Å². The molecule has 0 rings (SSSR count). The maximum absolute atomic E-state index is 11.3. The summed E-state index contributed by atoms with van der Waals surface area (Å²) in [5.41, 5.74) is 0. The fourth-order valence-electron chi connectivity index (χ4n) is 1.13. The van der Waals surface area contributed by atoms with Gasteiger partial charge < -0.3 is 20.8 Å². The average Bonchev–Trinajstić information content (AvgIpc) is 2.14. The summed E-state index contributed by atoms with van der Waals surface area (Å²) in [5.74, 6) is -0.161. The molecule has 0 aliphatic rings. The van der Waals surface area contributed by atoms with E-state index in [0.29, 0.717) is 6.42 Å². The number of aliphatic hydroxyl groups excluding tert-OH is 2. The molecule has 0 saturated carbocycles. The first-order valence-electron chi connectivity index (χ1n) is 4.88. The van der Waals surface area contributed by atoms with E-state index in [2.05, 4.69) is 10.6 Å². The van der Waals surface area contributed by atoms with Crippen molar-refractivity contribution in [1.82, 2.24) is 10.6 Å². The van der Waals surface area contributed by atoms with Crippen LogP contribution in [0.25, 0.3) is 0 Å². The SMILES string of the molecule is CCNC(C)CC(=O)NC(CO)CO. The van der Waals surface area contributed by atoms with E-state index in [0.717, 1.165) is 6.54 Å². The standard InChI is InChI=1S/C9H20N2O3/c1-3-10-7(2)4-9(14)11-8(5-12)6-13/h7-8,10,12-13H,3-6H2,1-2H3,(H,11,14). The average molecular weight is 204 g/mol. The van der Waals surface area contributed by atoms with Crippen molar-refractivity contribution >= 4 is 5.91 Å². The number of carbonyl (C=O) groups excluding carboxylic acids is 1. The van der Waals surface area contributed by atoms with Gasteiger partial charge in [-0.1, -0.05) is 6.92 Å². The second-order valence-corrected chi connectivity index (χ2v) is 3.29. The number of aliphatic hydroxyl groups is 2. The number of hydrogen-bond acceptors (Lipinski definition) is 4. The monoisotopic (exact) mass is 204 g/mol. The topological polar surface area (TPSA) is 81.6 Å². The number of nitrogens with one attached hydrogen (secondary N) is 2. The van der Waals surface area contributed by atoms with E-state index in [1.165, 1.54) is 0 Å². The quantitative estimate of drug-likeness (QED) is 0.422. The van der Waals surface area contributed by atoms with Crippen LogP contribution in [0, 0.1) is 0 Å². The molecule has 0 aromatic heterocycles. The molecule has 0 aliphatic carbocycles. The number of amides is 1. The highest BCUT2D eigenvalue weighted by atomic mass is 16.3. The molecule has 0 fully saturated rings. The minimum Gasteiger partial charge on any atom is -0.394 e. The Morgan fingerprint density at radius 2 is 1.93 bits per heavy atom. The molecule has 1 atom stereocenters. The maximum Gasteiger partial charge on any atom is 0.221 e. The highest BCUT2D eigenvalue weighted by Gasteiger charge is 2.12. The minimum atomic E-state index is -0.545. The maximum atomic E-state index is 11.3. The summed E-state index contributed by atoms with van der Waals surface area (Å²) in [7, 11) is 0. The predicted molar refractivity (Wildman–Crippen MR) is 53.9 cm³/mol. The summed E-state index contributed by atoms with van der Waals surface area (Å²) in [4.78, 5) is 11.3. The molecule has 0 bridgehead atoms.